The number of benzene rings is 1. The van der Waals surface area contributed by atoms with Crippen molar-refractivity contribution in [3.8, 4) is 0 Å². The molecule has 0 heterocycles. The van der Waals surface area contributed by atoms with Gasteiger partial charge in [0.2, 0.25) is 10.0 Å². The lowest BCUT2D eigenvalue weighted by molar-refractivity contribution is -0.136. The predicted molar refractivity (Wildman–Crippen MR) is 76.5 cm³/mol. The molecule has 1 rings (SSSR count). The van der Waals surface area contributed by atoms with Gasteiger partial charge in [0.05, 0.1) is 5.75 Å². The fourth-order valence-electron chi connectivity index (χ4n) is 1.87. The average molecular weight is 344 g/mol. The predicted octanol–water partition coefficient (Wildman–Crippen LogP) is 3.53. The van der Waals surface area contributed by atoms with E-state index in [1.165, 1.54) is 0 Å². The second-order valence-electron chi connectivity index (χ2n) is 4.66. The van der Waals surface area contributed by atoms with Crippen LogP contribution in [0, 0.1) is 0 Å². The first-order valence-corrected chi connectivity index (χ1v) is 8.50. The van der Waals surface area contributed by atoms with Gasteiger partial charge in [0.25, 0.3) is 0 Å². The highest BCUT2D eigenvalue weighted by molar-refractivity contribution is 7.88. The van der Waals surface area contributed by atoms with Gasteiger partial charge in [-0.15, -0.1) is 11.6 Å². The molecule has 0 fully saturated rings. The third-order valence-electron chi connectivity index (χ3n) is 2.72. The molecular formula is C13H17ClF3NO2S. The molecule has 3 nitrogen and oxygen atoms in total. The van der Waals surface area contributed by atoms with Crippen molar-refractivity contribution in [3.63, 3.8) is 0 Å². The summed E-state index contributed by atoms with van der Waals surface area (Å²) in [5.41, 5.74) is 1.15. The Morgan fingerprint density at radius 3 is 2.38 bits per heavy atom. The third-order valence-corrected chi connectivity index (χ3v) is 4.82. The van der Waals surface area contributed by atoms with Gasteiger partial charge >= 0.3 is 6.18 Å². The summed E-state index contributed by atoms with van der Waals surface area (Å²) < 4.78 is 62.3. The molecule has 0 N–H and O–H groups in total. The Balaban J connectivity index is 2.94. The molecule has 0 radical (unpaired) electrons. The first kappa shape index (κ1) is 18.3. The van der Waals surface area contributed by atoms with Crippen LogP contribution < -0.4 is 0 Å². The van der Waals surface area contributed by atoms with Gasteiger partial charge < -0.3 is 0 Å². The second-order valence-corrected chi connectivity index (χ2v) is 6.89. The molecule has 0 spiro atoms. The van der Waals surface area contributed by atoms with E-state index in [-0.39, 0.29) is 12.4 Å². The van der Waals surface area contributed by atoms with Gasteiger partial charge in [0.1, 0.15) is 6.54 Å². The van der Waals surface area contributed by atoms with Crippen LogP contribution in [0.5, 0.6) is 0 Å². The molecule has 21 heavy (non-hydrogen) atoms. The Morgan fingerprint density at radius 2 is 1.86 bits per heavy atom. The number of halogens is 4. The summed E-state index contributed by atoms with van der Waals surface area (Å²) in [6.45, 7) is 0.0163. The van der Waals surface area contributed by atoms with E-state index in [4.69, 9.17) is 11.6 Å². The van der Waals surface area contributed by atoms with Crippen LogP contribution in [0.25, 0.3) is 0 Å². The fraction of sp³-hybridized carbons (Fsp3) is 0.538. The minimum absolute atomic E-state index is 0.156. The zero-order valence-electron chi connectivity index (χ0n) is 11.5. The Morgan fingerprint density at radius 1 is 1.24 bits per heavy atom. The Kier molecular flexibility index (Phi) is 6.49. The summed E-state index contributed by atoms with van der Waals surface area (Å²) in [6, 6.07) is 6.51. The van der Waals surface area contributed by atoms with Crippen LogP contribution in [-0.4, -0.2) is 32.0 Å². The standard InChI is InChI=1S/C13H17ClF3NO2S/c1-2-6-18(10-13(15,16)17)21(19,20)9-12-5-3-4-11(7-12)8-14/h3-5,7H,2,6,8-10H2,1H3. The van der Waals surface area contributed by atoms with E-state index in [0.29, 0.717) is 16.3 Å². The van der Waals surface area contributed by atoms with Gasteiger partial charge in [-0.1, -0.05) is 31.2 Å². The van der Waals surface area contributed by atoms with Crippen molar-refractivity contribution in [1.29, 1.82) is 0 Å². The third kappa shape index (κ3) is 6.23. The van der Waals surface area contributed by atoms with Crippen molar-refractivity contribution in [3.05, 3.63) is 35.4 Å². The van der Waals surface area contributed by atoms with Crippen LogP contribution in [0.15, 0.2) is 24.3 Å². The summed E-state index contributed by atoms with van der Waals surface area (Å²) in [7, 11) is -4.03. The maximum absolute atomic E-state index is 12.5. The highest BCUT2D eigenvalue weighted by atomic mass is 35.5. The Hall–Kier alpha value is -0.790. The lowest BCUT2D eigenvalue weighted by Gasteiger charge is -2.23. The van der Waals surface area contributed by atoms with E-state index >= 15 is 0 Å². The number of rotatable bonds is 7. The van der Waals surface area contributed by atoms with E-state index in [2.05, 4.69) is 0 Å². The minimum Gasteiger partial charge on any atom is -0.212 e. The normalized spacial score (nSPS) is 12.9. The van der Waals surface area contributed by atoms with Gasteiger partial charge in [-0.05, 0) is 17.5 Å². The highest BCUT2D eigenvalue weighted by Gasteiger charge is 2.35. The van der Waals surface area contributed by atoms with Crippen molar-refractivity contribution >= 4 is 21.6 Å². The molecule has 0 saturated carbocycles. The Labute approximate surface area is 127 Å². The lowest BCUT2D eigenvalue weighted by atomic mass is 10.2. The molecule has 0 unspecified atom stereocenters. The highest BCUT2D eigenvalue weighted by Crippen LogP contribution is 2.21. The van der Waals surface area contributed by atoms with Crippen molar-refractivity contribution in [2.24, 2.45) is 0 Å². The molecule has 0 amide bonds. The maximum Gasteiger partial charge on any atom is 0.402 e. The topological polar surface area (TPSA) is 37.4 Å². The number of nitrogens with zero attached hydrogens (tertiary/aromatic N) is 1. The smallest absolute Gasteiger partial charge is 0.212 e. The zero-order valence-corrected chi connectivity index (χ0v) is 13.1. The molecule has 1 aromatic carbocycles. The number of alkyl halides is 4. The van der Waals surface area contributed by atoms with Gasteiger partial charge in [-0.25, -0.2) is 8.42 Å². The van der Waals surface area contributed by atoms with Crippen molar-refractivity contribution < 1.29 is 21.6 Å². The maximum atomic E-state index is 12.5. The SMILES string of the molecule is CCCN(CC(F)(F)F)S(=O)(=O)Cc1cccc(CCl)c1. The Bertz CT molecular complexity index is 561. The van der Waals surface area contributed by atoms with Crippen LogP contribution >= 0.6 is 11.6 Å². The summed E-state index contributed by atoms with van der Waals surface area (Å²) in [6.07, 6.45) is -4.24. The summed E-state index contributed by atoms with van der Waals surface area (Å²) in [4.78, 5) is 0. The molecular weight excluding hydrogens is 327 g/mol. The molecule has 120 valence electrons. The van der Waals surface area contributed by atoms with E-state index in [0.717, 1.165) is 5.56 Å². The van der Waals surface area contributed by atoms with Crippen LogP contribution in [0.3, 0.4) is 0 Å². The second kappa shape index (κ2) is 7.47. The number of hydrogen-bond donors (Lipinski definition) is 0. The van der Waals surface area contributed by atoms with Crippen LogP contribution in [0.1, 0.15) is 24.5 Å². The first-order valence-electron chi connectivity index (χ1n) is 6.36. The molecule has 0 aromatic heterocycles. The monoisotopic (exact) mass is 343 g/mol. The van der Waals surface area contributed by atoms with Gasteiger partial charge in [0.15, 0.2) is 0 Å². The summed E-state index contributed by atoms with van der Waals surface area (Å²) in [5, 5.41) is 0. The minimum atomic E-state index is -4.56. The molecule has 1 aromatic rings. The quantitative estimate of drug-likeness (QED) is 0.710. The summed E-state index contributed by atoms with van der Waals surface area (Å²) >= 11 is 5.66. The van der Waals surface area contributed by atoms with E-state index in [9.17, 15) is 21.6 Å². The summed E-state index contributed by atoms with van der Waals surface area (Å²) in [5.74, 6) is -0.247. The van der Waals surface area contributed by atoms with Crippen molar-refractivity contribution in [2.75, 3.05) is 13.1 Å². The fourth-order valence-corrected chi connectivity index (χ4v) is 3.62. The molecule has 0 aliphatic heterocycles. The number of sulfonamides is 1. The van der Waals surface area contributed by atoms with Crippen molar-refractivity contribution in [2.45, 2.75) is 31.2 Å². The van der Waals surface area contributed by atoms with Gasteiger partial charge in [-0.2, -0.15) is 17.5 Å². The zero-order chi connectivity index (χ0) is 16.1. The van der Waals surface area contributed by atoms with E-state index in [1.54, 1.807) is 31.2 Å². The molecule has 0 aliphatic carbocycles. The molecule has 0 aliphatic rings. The van der Waals surface area contributed by atoms with Crippen molar-refractivity contribution in [1.82, 2.24) is 4.31 Å². The van der Waals surface area contributed by atoms with Crippen LogP contribution in [0.2, 0.25) is 0 Å². The molecule has 0 saturated heterocycles. The number of hydrogen-bond acceptors (Lipinski definition) is 2. The van der Waals surface area contributed by atoms with Crippen LogP contribution in [0.4, 0.5) is 13.2 Å². The largest absolute Gasteiger partial charge is 0.402 e. The molecule has 8 heteroatoms. The van der Waals surface area contributed by atoms with Gasteiger partial charge in [-0.3, -0.25) is 0 Å². The molecule has 0 bridgehead atoms. The molecule has 0 atom stereocenters. The van der Waals surface area contributed by atoms with Gasteiger partial charge in [0, 0.05) is 12.4 Å². The first-order chi connectivity index (χ1) is 9.68. The van der Waals surface area contributed by atoms with E-state index < -0.39 is 28.5 Å². The van der Waals surface area contributed by atoms with E-state index in [1.807, 2.05) is 0 Å². The van der Waals surface area contributed by atoms with Crippen LogP contribution in [-0.2, 0) is 21.7 Å². The average Bonchev–Trinajstić information content (AvgIpc) is 2.36. The lowest BCUT2D eigenvalue weighted by Crippen LogP contribution is -2.40.